The number of fused-ring (bicyclic) bond motifs is 1. The Kier molecular flexibility index (Phi) is 6.10. The predicted octanol–water partition coefficient (Wildman–Crippen LogP) is 6.79. The number of hydrogen-bond donors (Lipinski definition) is 0. The van der Waals surface area contributed by atoms with Gasteiger partial charge in [-0.25, -0.2) is 4.98 Å². The van der Waals surface area contributed by atoms with Gasteiger partial charge in [-0.1, -0.05) is 46.1 Å². The molecule has 0 fully saturated rings. The van der Waals surface area contributed by atoms with Crippen molar-refractivity contribution >= 4 is 78.7 Å². The smallest absolute Gasteiger partial charge is 0.262 e. The third kappa shape index (κ3) is 4.22. The average Bonchev–Trinajstić information content (AvgIpc) is 3.32. The van der Waals surface area contributed by atoms with Gasteiger partial charge >= 0.3 is 0 Å². The van der Waals surface area contributed by atoms with Gasteiger partial charge in [0.05, 0.1) is 32.4 Å². The SMILES string of the molecule is Cc1cc(C)n(CCN(C(=O)c2cc(Cl)sc2Cl)c2nc3c(C)cc(Cl)cc3s2)n1. The first-order valence-electron chi connectivity index (χ1n) is 9.07. The molecule has 156 valence electrons. The summed E-state index contributed by atoms with van der Waals surface area (Å²) >= 11 is 21.2. The number of nitrogens with zero attached hydrogens (tertiary/aromatic N) is 4. The van der Waals surface area contributed by atoms with Crippen LogP contribution in [-0.2, 0) is 6.54 Å². The van der Waals surface area contributed by atoms with E-state index >= 15 is 0 Å². The number of benzene rings is 1. The van der Waals surface area contributed by atoms with Gasteiger partial charge in [-0.2, -0.15) is 5.10 Å². The zero-order valence-electron chi connectivity index (χ0n) is 16.4. The summed E-state index contributed by atoms with van der Waals surface area (Å²) in [4.78, 5) is 19.8. The summed E-state index contributed by atoms with van der Waals surface area (Å²) < 4.78 is 3.64. The van der Waals surface area contributed by atoms with Gasteiger partial charge < -0.3 is 0 Å². The van der Waals surface area contributed by atoms with Gasteiger partial charge in [0.2, 0.25) is 0 Å². The van der Waals surface area contributed by atoms with Crippen LogP contribution in [0.4, 0.5) is 5.13 Å². The number of hydrogen-bond acceptors (Lipinski definition) is 5. The summed E-state index contributed by atoms with van der Waals surface area (Å²) in [5.41, 5.74) is 4.13. The van der Waals surface area contributed by atoms with Crippen molar-refractivity contribution in [2.24, 2.45) is 0 Å². The third-order valence-electron chi connectivity index (χ3n) is 4.64. The van der Waals surface area contributed by atoms with Crippen LogP contribution in [0.3, 0.4) is 0 Å². The molecule has 0 atom stereocenters. The zero-order valence-corrected chi connectivity index (χ0v) is 20.3. The molecule has 0 saturated carbocycles. The van der Waals surface area contributed by atoms with E-state index in [4.69, 9.17) is 39.8 Å². The molecule has 5 nitrogen and oxygen atoms in total. The molecule has 30 heavy (non-hydrogen) atoms. The van der Waals surface area contributed by atoms with Gasteiger partial charge in [0.15, 0.2) is 5.13 Å². The molecule has 0 radical (unpaired) electrons. The first-order chi connectivity index (χ1) is 14.2. The molecule has 4 rings (SSSR count). The summed E-state index contributed by atoms with van der Waals surface area (Å²) in [5.74, 6) is -0.243. The fraction of sp³-hybridized carbons (Fsp3) is 0.250. The molecule has 10 heteroatoms. The monoisotopic (exact) mass is 498 g/mol. The first kappa shape index (κ1) is 21.6. The lowest BCUT2D eigenvalue weighted by Gasteiger charge is -2.20. The number of rotatable bonds is 5. The standard InChI is InChI=1S/C20H17Cl3N4OS2/c1-10-6-13(21)8-15-17(10)24-20(29-15)26(4-5-27-12(3)7-11(2)25-27)19(28)14-9-16(22)30-18(14)23/h6-9H,4-5H2,1-3H3. The van der Waals surface area contributed by atoms with Crippen molar-refractivity contribution in [3.05, 3.63) is 60.5 Å². The van der Waals surface area contributed by atoms with Crippen LogP contribution in [-0.4, -0.2) is 27.2 Å². The van der Waals surface area contributed by atoms with E-state index in [9.17, 15) is 4.79 Å². The molecular formula is C20H17Cl3N4OS2. The van der Waals surface area contributed by atoms with Crippen LogP contribution in [0.1, 0.15) is 27.3 Å². The topological polar surface area (TPSA) is 51.0 Å². The fourth-order valence-electron chi connectivity index (χ4n) is 3.27. The molecule has 0 aliphatic rings. The van der Waals surface area contributed by atoms with Crippen molar-refractivity contribution in [2.45, 2.75) is 27.3 Å². The summed E-state index contributed by atoms with van der Waals surface area (Å²) in [5, 5.41) is 5.72. The number of carbonyl (C=O) groups excluding carboxylic acids is 1. The quantitative estimate of drug-likeness (QED) is 0.304. The van der Waals surface area contributed by atoms with E-state index in [-0.39, 0.29) is 5.91 Å². The molecule has 0 bridgehead atoms. The zero-order chi connectivity index (χ0) is 21.6. The molecule has 0 aliphatic heterocycles. The van der Waals surface area contributed by atoms with Gasteiger partial charge in [-0.3, -0.25) is 14.4 Å². The van der Waals surface area contributed by atoms with Gasteiger partial charge in [0.1, 0.15) is 4.34 Å². The summed E-state index contributed by atoms with van der Waals surface area (Å²) in [6.45, 7) is 6.80. The Labute approximate surface area is 196 Å². The Hall–Kier alpha value is -1.64. The Morgan fingerprint density at radius 3 is 2.50 bits per heavy atom. The van der Waals surface area contributed by atoms with Crippen molar-refractivity contribution in [1.82, 2.24) is 14.8 Å². The molecule has 4 aromatic rings. The van der Waals surface area contributed by atoms with E-state index < -0.39 is 0 Å². The number of anilines is 1. The van der Waals surface area contributed by atoms with Crippen LogP contribution in [0.25, 0.3) is 10.2 Å². The molecule has 0 aliphatic carbocycles. The van der Waals surface area contributed by atoms with Crippen LogP contribution in [0.15, 0.2) is 24.3 Å². The lowest BCUT2D eigenvalue weighted by atomic mass is 10.2. The van der Waals surface area contributed by atoms with Crippen LogP contribution in [0, 0.1) is 20.8 Å². The number of halogens is 3. The Morgan fingerprint density at radius 1 is 1.10 bits per heavy atom. The highest BCUT2D eigenvalue weighted by Crippen LogP contribution is 2.36. The summed E-state index contributed by atoms with van der Waals surface area (Å²) in [6, 6.07) is 7.33. The highest BCUT2D eigenvalue weighted by atomic mass is 35.5. The van der Waals surface area contributed by atoms with Gasteiger partial charge in [-0.15, -0.1) is 11.3 Å². The molecule has 1 aromatic carbocycles. The van der Waals surface area contributed by atoms with Crippen LogP contribution >= 0.6 is 57.5 Å². The molecule has 0 N–H and O–H groups in total. The Balaban J connectivity index is 1.74. The lowest BCUT2D eigenvalue weighted by molar-refractivity contribution is 0.0986. The highest BCUT2D eigenvalue weighted by molar-refractivity contribution is 7.22. The average molecular weight is 500 g/mol. The summed E-state index contributed by atoms with van der Waals surface area (Å²) in [6.07, 6.45) is 0. The minimum Gasteiger partial charge on any atom is -0.282 e. The van der Waals surface area contributed by atoms with Crippen molar-refractivity contribution in [1.29, 1.82) is 0 Å². The minimum atomic E-state index is -0.243. The van der Waals surface area contributed by atoms with Crippen molar-refractivity contribution in [2.75, 3.05) is 11.4 Å². The van der Waals surface area contributed by atoms with E-state index in [2.05, 4.69) is 5.10 Å². The molecule has 1 amide bonds. The van der Waals surface area contributed by atoms with E-state index in [1.54, 1.807) is 11.0 Å². The maximum absolute atomic E-state index is 13.4. The number of thiazole rings is 1. The molecule has 0 spiro atoms. The van der Waals surface area contributed by atoms with Crippen LogP contribution in [0.5, 0.6) is 0 Å². The second kappa shape index (κ2) is 8.48. The van der Waals surface area contributed by atoms with E-state index in [0.29, 0.717) is 37.5 Å². The lowest BCUT2D eigenvalue weighted by Crippen LogP contribution is -2.34. The molecule has 3 heterocycles. The van der Waals surface area contributed by atoms with Gasteiger partial charge in [0.25, 0.3) is 5.91 Å². The molecule has 3 aromatic heterocycles. The number of thiophene rings is 1. The van der Waals surface area contributed by atoms with E-state index in [0.717, 1.165) is 27.2 Å². The largest absolute Gasteiger partial charge is 0.282 e. The maximum atomic E-state index is 13.4. The van der Waals surface area contributed by atoms with Gasteiger partial charge in [0, 0.05) is 17.3 Å². The molecule has 0 unspecified atom stereocenters. The van der Waals surface area contributed by atoms with E-state index in [1.807, 2.05) is 43.7 Å². The Morgan fingerprint density at radius 2 is 1.87 bits per heavy atom. The Bertz CT molecular complexity index is 1260. The number of aromatic nitrogens is 3. The molecular weight excluding hydrogens is 483 g/mol. The maximum Gasteiger partial charge on any atom is 0.262 e. The third-order valence-corrected chi connectivity index (χ3v) is 7.37. The van der Waals surface area contributed by atoms with Gasteiger partial charge in [-0.05, 0) is 50.6 Å². The van der Waals surface area contributed by atoms with Crippen LogP contribution in [0.2, 0.25) is 13.7 Å². The fourth-order valence-corrected chi connectivity index (χ4v) is 6.16. The second-order valence-electron chi connectivity index (χ2n) is 6.91. The minimum absolute atomic E-state index is 0.243. The normalized spacial score (nSPS) is 11.4. The van der Waals surface area contributed by atoms with Crippen molar-refractivity contribution in [3.63, 3.8) is 0 Å². The molecule has 0 saturated heterocycles. The summed E-state index contributed by atoms with van der Waals surface area (Å²) in [7, 11) is 0. The number of carbonyl (C=O) groups is 1. The first-order valence-corrected chi connectivity index (χ1v) is 11.8. The van der Waals surface area contributed by atoms with Crippen molar-refractivity contribution in [3.8, 4) is 0 Å². The highest BCUT2D eigenvalue weighted by Gasteiger charge is 2.25. The van der Waals surface area contributed by atoms with E-state index in [1.165, 1.54) is 22.7 Å². The number of amides is 1. The second-order valence-corrected chi connectivity index (χ2v) is 10.6. The van der Waals surface area contributed by atoms with Crippen molar-refractivity contribution < 1.29 is 4.79 Å². The van der Waals surface area contributed by atoms with Crippen LogP contribution < -0.4 is 4.90 Å². The predicted molar refractivity (Wildman–Crippen MR) is 127 cm³/mol. The number of aryl methyl sites for hydroxylation is 3.